The highest BCUT2D eigenvalue weighted by molar-refractivity contribution is 5.73. The van der Waals surface area contributed by atoms with E-state index in [2.05, 4.69) is 46.2 Å². The number of carboxylic acids is 1. The van der Waals surface area contributed by atoms with E-state index in [-0.39, 0.29) is 0 Å². The van der Waals surface area contributed by atoms with Crippen LogP contribution in [0, 0.1) is 0 Å². The molecule has 0 aliphatic carbocycles. The standard InChI is InChI=1S/C22H23N3O.C2HF3O2/c1-25(18-20-5-3-2-4-6-20)13-14-26-22-15-21(16-24-17-22)8-7-19-9-11-23-12-10-19;3-2(4,5)1(6)7/h2-12,15-17H,13-14,18H2,1H3;(H,6,7). The van der Waals surface area contributed by atoms with Crippen LogP contribution in [-0.2, 0) is 11.3 Å². The van der Waals surface area contributed by atoms with Crippen molar-refractivity contribution in [2.45, 2.75) is 12.7 Å². The number of likely N-dealkylation sites (N-methyl/N-ethyl adjacent to an activating group) is 1. The first-order valence-corrected chi connectivity index (χ1v) is 9.92. The summed E-state index contributed by atoms with van der Waals surface area (Å²) in [6, 6.07) is 16.4. The molecule has 2 aromatic heterocycles. The first-order valence-electron chi connectivity index (χ1n) is 9.92. The molecule has 0 amide bonds. The third-order valence-corrected chi connectivity index (χ3v) is 4.19. The van der Waals surface area contributed by atoms with E-state index in [1.54, 1.807) is 18.6 Å². The smallest absolute Gasteiger partial charge is 0.490 e. The van der Waals surface area contributed by atoms with E-state index in [9.17, 15) is 13.2 Å². The summed E-state index contributed by atoms with van der Waals surface area (Å²) < 4.78 is 37.6. The second-order valence-corrected chi connectivity index (χ2v) is 6.94. The highest BCUT2D eigenvalue weighted by atomic mass is 19.4. The van der Waals surface area contributed by atoms with Gasteiger partial charge in [0.1, 0.15) is 12.4 Å². The van der Waals surface area contributed by atoms with Crippen LogP contribution in [0.5, 0.6) is 5.75 Å². The molecule has 0 unspecified atom stereocenters. The minimum Gasteiger partial charge on any atom is -0.491 e. The summed E-state index contributed by atoms with van der Waals surface area (Å²) in [7, 11) is 2.10. The van der Waals surface area contributed by atoms with Gasteiger partial charge < -0.3 is 9.84 Å². The van der Waals surface area contributed by atoms with Crippen molar-refractivity contribution < 1.29 is 27.8 Å². The van der Waals surface area contributed by atoms with Crippen molar-refractivity contribution in [1.29, 1.82) is 0 Å². The van der Waals surface area contributed by atoms with Crippen LogP contribution in [0.3, 0.4) is 0 Å². The van der Waals surface area contributed by atoms with Crippen molar-refractivity contribution in [3.05, 3.63) is 90.0 Å². The summed E-state index contributed by atoms with van der Waals surface area (Å²) >= 11 is 0. The largest absolute Gasteiger partial charge is 0.491 e. The van der Waals surface area contributed by atoms with Gasteiger partial charge in [-0.05, 0) is 41.9 Å². The van der Waals surface area contributed by atoms with Crippen LogP contribution in [0.25, 0.3) is 12.2 Å². The number of nitrogens with zero attached hydrogens (tertiary/aromatic N) is 3. The lowest BCUT2D eigenvalue weighted by Gasteiger charge is -2.17. The van der Waals surface area contributed by atoms with Gasteiger partial charge in [-0.15, -0.1) is 0 Å². The van der Waals surface area contributed by atoms with Crippen molar-refractivity contribution >= 4 is 18.1 Å². The number of ether oxygens (including phenoxy) is 1. The Morgan fingerprint density at radius 2 is 1.67 bits per heavy atom. The number of carbonyl (C=O) groups is 1. The average molecular weight is 459 g/mol. The molecule has 0 saturated heterocycles. The Hall–Kier alpha value is -3.72. The summed E-state index contributed by atoms with van der Waals surface area (Å²) in [5.41, 5.74) is 3.42. The van der Waals surface area contributed by atoms with Gasteiger partial charge in [0, 0.05) is 31.7 Å². The van der Waals surface area contributed by atoms with Crippen LogP contribution in [0.15, 0.2) is 73.3 Å². The van der Waals surface area contributed by atoms with Gasteiger partial charge in [0.2, 0.25) is 0 Å². The molecule has 0 fully saturated rings. The van der Waals surface area contributed by atoms with Crippen molar-refractivity contribution in [3.8, 4) is 5.75 Å². The zero-order chi connectivity index (χ0) is 24.1. The maximum absolute atomic E-state index is 10.6. The number of halogens is 3. The van der Waals surface area contributed by atoms with E-state index >= 15 is 0 Å². The molecular weight excluding hydrogens is 435 g/mol. The highest BCUT2D eigenvalue weighted by Crippen LogP contribution is 2.14. The predicted octanol–water partition coefficient (Wildman–Crippen LogP) is 4.79. The van der Waals surface area contributed by atoms with Crippen LogP contribution >= 0.6 is 0 Å². The van der Waals surface area contributed by atoms with Gasteiger partial charge in [0.05, 0.1) is 6.20 Å². The predicted molar refractivity (Wildman–Crippen MR) is 119 cm³/mol. The van der Waals surface area contributed by atoms with Gasteiger partial charge in [0.15, 0.2) is 0 Å². The summed E-state index contributed by atoms with van der Waals surface area (Å²) in [6.45, 7) is 2.39. The maximum Gasteiger partial charge on any atom is 0.490 e. The van der Waals surface area contributed by atoms with Crippen molar-refractivity contribution in [2.75, 3.05) is 20.2 Å². The fraction of sp³-hybridized carbons (Fsp3) is 0.208. The van der Waals surface area contributed by atoms with E-state index in [1.165, 1.54) is 5.56 Å². The highest BCUT2D eigenvalue weighted by Gasteiger charge is 2.38. The van der Waals surface area contributed by atoms with Crippen molar-refractivity contribution in [2.24, 2.45) is 0 Å². The Balaban J connectivity index is 0.000000479. The number of benzene rings is 1. The molecule has 6 nitrogen and oxygen atoms in total. The molecule has 0 aliphatic heterocycles. The van der Waals surface area contributed by atoms with E-state index in [0.717, 1.165) is 30.0 Å². The molecule has 33 heavy (non-hydrogen) atoms. The number of aromatic nitrogens is 2. The Bertz CT molecular complexity index is 1010. The number of aliphatic carboxylic acids is 1. The molecule has 3 aromatic rings. The first-order chi connectivity index (χ1) is 15.7. The van der Waals surface area contributed by atoms with E-state index in [0.29, 0.717) is 6.61 Å². The normalized spacial score (nSPS) is 11.2. The monoisotopic (exact) mass is 459 g/mol. The molecule has 0 saturated carbocycles. The first kappa shape index (κ1) is 25.5. The van der Waals surface area contributed by atoms with Crippen LogP contribution in [0.2, 0.25) is 0 Å². The van der Waals surface area contributed by atoms with E-state index < -0.39 is 12.1 Å². The Morgan fingerprint density at radius 1 is 1.03 bits per heavy atom. The minimum atomic E-state index is -5.08. The van der Waals surface area contributed by atoms with Gasteiger partial charge >= 0.3 is 12.1 Å². The maximum atomic E-state index is 10.6. The second kappa shape index (κ2) is 13.0. The number of carboxylic acid groups (broad SMARTS) is 1. The molecule has 0 aliphatic rings. The number of rotatable bonds is 8. The fourth-order valence-electron chi connectivity index (χ4n) is 2.57. The molecule has 0 radical (unpaired) electrons. The van der Waals surface area contributed by atoms with Crippen LogP contribution in [0.1, 0.15) is 16.7 Å². The minimum absolute atomic E-state index is 0.628. The lowest BCUT2D eigenvalue weighted by atomic mass is 10.2. The van der Waals surface area contributed by atoms with Gasteiger partial charge in [-0.1, -0.05) is 42.5 Å². The van der Waals surface area contributed by atoms with Crippen molar-refractivity contribution in [1.82, 2.24) is 14.9 Å². The third-order valence-electron chi connectivity index (χ3n) is 4.19. The molecule has 2 heterocycles. The Kier molecular flexibility index (Phi) is 10.0. The number of pyridine rings is 2. The molecule has 3 rings (SSSR count). The SMILES string of the molecule is CN(CCOc1cncc(C=Cc2ccncc2)c1)Cc1ccccc1.O=C(O)C(F)(F)F. The fourth-order valence-corrected chi connectivity index (χ4v) is 2.57. The number of hydrogen-bond donors (Lipinski definition) is 1. The Morgan fingerprint density at radius 3 is 2.30 bits per heavy atom. The molecular formula is C24H24F3N3O3. The van der Waals surface area contributed by atoms with Crippen LogP contribution < -0.4 is 4.74 Å². The lowest BCUT2D eigenvalue weighted by Crippen LogP contribution is -2.23. The van der Waals surface area contributed by atoms with E-state index in [4.69, 9.17) is 14.6 Å². The number of alkyl halides is 3. The zero-order valence-corrected chi connectivity index (χ0v) is 17.9. The lowest BCUT2D eigenvalue weighted by molar-refractivity contribution is -0.192. The van der Waals surface area contributed by atoms with Gasteiger partial charge in [-0.3, -0.25) is 14.9 Å². The topological polar surface area (TPSA) is 75.5 Å². The molecule has 0 spiro atoms. The van der Waals surface area contributed by atoms with E-state index in [1.807, 2.05) is 42.6 Å². The summed E-state index contributed by atoms with van der Waals surface area (Å²) in [4.78, 5) is 19.4. The van der Waals surface area contributed by atoms with Crippen LogP contribution in [0.4, 0.5) is 13.2 Å². The Labute approximate surface area is 190 Å². The molecule has 174 valence electrons. The van der Waals surface area contributed by atoms with Gasteiger partial charge in [-0.2, -0.15) is 13.2 Å². The quantitative estimate of drug-likeness (QED) is 0.522. The third kappa shape index (κ3) is 10.4. The van der Waals surface area contributed by atoms with Crippen molar-refractivity contribution in [3.63, 3.8) is 0 Å². The summed E-state index contributed by atoms with van der Waals surface area (Å²) in [6.07, 6.45) is 6.12. The summed E-state index contributed by atoms with van der Waals surface area (Å²) in [5, 5.41) is 7.12. The number of hydrogen-bond acceptors (Lipinski definition) is 5. The summed E-state index contributed by atoms with van der Waals surface area (Å²) in [5.74, 6) is -1.97. The average Bonchev–Trinajstić information content (AvgIpc) is 2.79. The van der Waals surface area contributed by atoms with Gasteiger partial charge in [-0.25, -0.2) is 4.79 Å². The van der Waals surface area contributed by atoms with Gasteiger partial charge in [0.25, 0.3) is 0 Å². The molecule has 1 aromatic carbocycles. The zero-order valence-electron chi connectivity index (χ0n) is 17.9. The van der Waals surface area contributed by atoms with Crippen LogP contribution in [-0.4, -0.2) is 52.3 Å². The molecule has 9 heteroatoms. The second-order valence-electron chi connectivity index (χ2n) is 6.94. The molecule has 0 atom stereocenters. The molecule has 0 bridgehead atoms. The molecule has 1 N–H and O–H groups in total.